The van der Waals surface area contributed by atoms with Crippen LogP contribution in [0.2, 0.25) is 0 Å². The number of carboxylic acid groups (broad SMARTS) is 1. The molecule has 1 aromatic heterocycles. The van der Waals surface area contributed by atoms with E-state index in [0.717, 1.165) is 12.1 Å². The second-order valence-electron chi connectivity index (χ2n) is 5.67. The van der Waals surface area contributed by atoms with Gasteiger partial charge < -0.3 is 14.6 Å². The molecule has 0 bridgehead atoms. The second kappa shape index (κ2) is 7.57. The minimum Gasteiger partial charge on any atom is -0.490 e. The Morgan fingerprint density at radius 2 is 1.70 bits per heavy atom. The molecule has 0 unspecified atom stereocenters. The van der Waals surface area contributed by atoms with Gasteiger partial charge >= 0.3 is 5.97 Å². The molecule has 0 fully saturated rings. The molecule has 0 amide bonds. The number of carbonyl (C=O) groups is 1. The van der Waals surface area contributed by atoms with E-state index in [9.17, 15) is 18.7 Å². The fourth-order valence-electron chi connectivity index (χ4n) is 2.78. The molecule has 0 saturated heterocycles. The van der Waals surface area contributed by atoms with Gasteiger partial charge in [-0.05, 0) is 38.1 Å². The van der Waals surface area contributed by atoms with Crippen LogP contribution >= 0.6 is 0 Å². The molecule has 1 heterocycles. The van der Waals surface area contributed by atoms with Crippen molar-refractivity contribution < 1.29 is 28.2 Å². The van der Waals surface area contributed by atoms with E-state index in [0.29, 0.717) is 35.6 Å². The first-order valence-electron chi connectivity index (χ1n) is 8.37. The molecule has 5 nitrogen and oxygen atoms in total. The monoisotopic (exact) mass is 373 g/mol. The van der Waals surface area contributed by atoms with Crippen LogP contribution in [0.15, 0.2) is 36.4 Å². The summed E-state index contributed by atoms with van der Waals surface area (Å²) < 4.78 is 38.4. The largest absolute Gasteiger partial charge is 0.490 e. The number of benzene rings is 2. The summed E-state index contributed by atoms with van der Waals surface area (Å²) in [6.45, 7) is 4.36. The molecule has 1 N–H and O–H groups in total. The van der Waals surface area contributed by atoms with Gasteiger partial charge in [0.15, 0.2) is 11.5 Å². The molecule has 0 aliphatic heterocycles. The van der Waals surface area contributed by atoms with Crippen LogP contribution in [-0.4, -0.2) is 29.3 Å². The van der Waals surface area contributed by atoms with Gasteiger partial charge in [-0.25, -0.2) is 18.6 Å². The summed E-state index contributed by atoms with van der Waals surface area (Å²) >= 11 is 0. The van der Waals surface area contributed by atoms with Crippen molar-refractivity contribution in [3.8, 4) is 22.8 Å². The summed E-state index contributed by atoms with van der Waals surface area (Å²) in [5.74, 6) is -1.94. The molecule has 7 heteroatoms. The molecule has 0 saturated carbocycles. The number of pyridine rings is 1. The highest BCUT2D eigenvalue weighted by Crippen LogP contribution is 2.35. The van der Waals surface area contributed by atoms with Crippen LogP contribution in [-0.2, 0) is 0 Å². The quantitative estimate of drug-likeness (QED) is 0.680. The number of hydrogen-bond acceptors (Lipinski definition) is 4. The van der Waals surface area contributed by atoms with Crippen molar-refractivity contribution in [3.05, 3.63) is 53.6 Å². The summed E-state index contributed by atoms with van der Waals surface area (Å²) in [4.78, 5) is 16.1. The zero-order chi connectivity index (χ0) is 19.6. The Hall–Kier alpha value is -3.22. The van der Waals surface area contributed by atoms with E-state index in [1.807, 2.05) is 0 Å². The molecule has 3 rings (SSSR count). The highest BCUT2D eigenvalue weighted by molar-refractivity contribution is 6.04. The average Bonchev–Trinajstić information content (AvgIpc) is 2.61. The van der Waals surface area contributed by atoms with Crippen LogP contribution in [0.25, 0.3) is 22.2 Å². The maximum atomic E-state index is 14.2. The topological polar surface area (TPSA) is 68.7 Å². The summed E-state index contributed by atoms with van der Waals surface area (Å²) in [5.41, 5.74) is 0.333. The van der Waals surface area contributed by atoms with Crippen molar-refractivity contribution >= 4 is 16.9 Å². The molecule has 140 valence electrons. The zero-order valence-corrected chi connectivity index (χ0v) is 14.8. The summed E-state index contributed by atoms with van der Waals surface area (Å²) in [6, 6.07) is 7.41. The first-order valence-corrected chi connectivity index (χ1v) is 8.37. The SMILES string of the molecule is CCOc1cc2nc(-c3ccc(F)cc3F)cc(C(=O)O)c2cc1OCC. The lowest BCUT2D eigenvalue weighted by molar-refractivity contribution is 0.0699. The van der Waals surface area contributed by atoms with Crippen molar-refractivity contribution in [2.75, 3.05) is 13.2 Å². The highest BCUT2D eigenvalue weighted by atomic mass is 19.1. The second-order valence-corrected chi connectivity index (χ2v) is 5.67. The van der Waals surface area contributed by atoms with Crippen LogP contribution < -0.4 is 9.47 Å². The van der Waals surface area contributed by atoms with Crippen molar-refractivity contribution in [2.24, 2.45) is 0 Å². The van der Waals surface area contributed by atoms with Gasteiger partial charge in [0.1, 0.15) is 11.6 Å². The Balaban J connectivity index is 2.29. The van der Waals surface area contributed by atoms with E-state index in [1.54, 1.807) is 26.0 Å². The van der Waals surface area contributed by atoms with Crippen LogP contribution in [0.3, 0.4) is 0 Å². The smallest absolute Gasteiger partial charge is 0.336 e. The lowest BCUT2D eigenvalue weighted by Gasteiger charge is -2.14. The van der Waals surface area contributed by atoms with Crippen molar-refractivity contribution in [1.29, 1.82) is 0 Å². The highest BCUT2D eigenvalue weighted by Gasteiger charge is 2.18. The minimum atomic E-state index is -1.20. The summed E-state index contributed by atoms with van der Waals surface area (Å²) in [6.07, 6.45) is 0. The van der Waals surface area contributed by atoms with E-state index < -0.39 is 17.6 Å². The van der Waals surface area contributed by atoms with Gasteiger partial charge in [-0.1, -0.05) is 0 Å². The Kier molecular flexibility index (Phi) is 5.21. The first-order chi connectivity index (χ1) is 12.9. The predicted molar refractivity (Wildman–Crippen MR) is 96.4 cm³/mol. The summed E-state index contributed by atoms with van der Waals surface area (Å²) in [5, 5.41) is 9.94. The molecular weight excluding hydrogens is 356 g/mol. The number of halogens is 2. The molecule has 0 radical (unpaired) electrons. The number of carboxylic acids is 1. The number of ether oxygens (including phenoxy) is 2. The van der Waals surface area contributed by atoms with Gasteiger partial charge in [-0.2, -0.15) is 0 Å². The Morgan fingerprint density at radius 1 is 1.04 bits per heavy atom. The molecule has 0 spiro atoms. The molecule has 0 atom stereocenters. The number of hydrogen-bond donors (Lipinski definition) is 1. The number of aromatic carboxylic acids is 1. The van der Waals surface area contributed by atoms with E-state index in [1.165, 1.54) is 12.1 Å². The fourth-order valence-corrected chi connectivity index (χ4v) is 2.78. The lowest BCUT2D eigenvalue weighted by atomic mass is 10.0. The zero-order valence-electron chi connectivity index (χ0n) is 14.8. The maximum absolute atomic E-state index is 14.2. The maximum Gasteiger partial charge on any atom is 0.336 e. The van der Waals surface area contributed by atoms with Gasteiger partial charge in [0.2, 0.25) is 0 Å². The molecule has 3 aromatic rings. The van der Waals surface area contributed by atoms with Gasteiger partial charge in [-0.3, -0.25) is 0 Å². The number of rotatable bonds is 6. The third-order valence-electron chi connectivity index (χ3n) is 3.91. The van der Waals surface area contributed by atoms with Crippen LogP contribution in [0.1, 0.15) is 24.2 Å². The standard InChI is InChI=1S/C20H17F2NO4/c1-3-26-18-9-13-14(20(24)25)8-16(12-6-5-11(21)7-15(12)22)23-17(13)10-19(18)27-4-2/h5-10H,3-4H2,1-2H3,(H,24,25). The lowest BCUT2D eigenvalue weighted by Crippen LogP contribution is -2.03. The van der Waals surface area contributed by atoms with Crippen molar-refractivity contribution in [2.45, 2.75) is 13.8 Å². The van der Waals surface area contributed by atoms with Crippen molar-refractivity contribution in [3.63, 3.8) is 0 Å². The minimum absolute atomic E-state index is 0.00708. The van der Waals surface area contributed by atoms with E-state index in [2.05, 4.69) is 4.98 Å². The van der Waals surface area contributed by atoms with Gasteiger partial charge in [0, 0.05) is 23.1 Å². The Labute approximate surface area is 154 Å². The third kappa shape index (κ3) is 3.67. The van der Waals surface area contributed by atoms with Gasteiger partial charge in [0.05, 0.1) is 30.0 Å². The third-order valence-corrected chi connectivity index (χ3v) is 3.91. The summed E-state index contributed by atoms with van der Waals surface area (Å²) in [7, 11) is 0. The molecule has 0 aliphatic carbocycles. The normalized spacial score (nSPS) is 10.8. The van der Waals surface area contributed by atoms with Crippen LogP contribution in [0.5, 0.6) is 11.5 Å². The number of fused-ring (bicyclic) bond motifs is 1. The van der Waals surface area contributed by atoms with Crippen molar-refractivity contribution in [1.82, 2.24) is 4.98 Å². The Morgan fingerprint density at radius 3 is 2.30 bits per heavy atom. The average molecular weight is 373 g/mol. The molecule has 2 aromatic carbocycles. The van der Waals surface area contributed by atoms with E-state index >= 15 is 0 Å². The number of nitrogens with zero attached hydrogens (tertiary/aromatic N) is 1. The van der Waals surface area contributed by atoms with Gasteiger partial charge in [-0.15, -0.1) is 0 Å². The van der Waals surface area contributed by atoms with Crippen LogP contribution in [0.4, 0.5) is 8.78 Å². The predicted octanol–water partition coefficient (Wildman–Crippen LogP) is 4.68. The van der Waals surface area contributed by atoms with Crippen LogP contribution in [0, 0.1) is 11.6 Å². The van der Waals surface area contributed by atoms with E-state index in [4.69, 9.17) is 9.47 Å². The Bertz CT molecular complexity index is 1020. The molecular formula is C20H17F2NO4. The molecule has 0 aliphatic rings. The first kappa shape index (κ1) is 18.6. The van der Waals surface area contributed by atoms with Gasteiger partial charge in [0.25, 0.3) is 0 Å². The molecule has 27 heavy (non-hydrogen) atoms. The fraction of sp³-hybridized carbons (Fsp3) is 0.200. The van der Waals surface area contributed by atoms with E-state index in [-0.39, 0.29) is 16.8 Å². The number of aromatic nitrogens is 1.